The molecule has 0 aliphatic rings. The fourth-order valence-corrected chi connectivity index (χ4v) is 0.0589. The second-order valence-corrected chi connectivity index (χ2v) is 1.14. The van der Waals surface area contributed by atoms with Crippen molar-refractivity contribution in [1.82, 2.24) is 0 Å². The molecule has 0 heterocycles. The first-order valence-electron chi connectivity index (χ1n) is 1.93. The summed E-state index contributed by atoms with van der Waals surface area (Å²) < 4.78 is 3.57. The normalized spacial score (nSPS) is 12.0. The minimum absolute atomic E-state index is 0.537. The molecule has 0 atom stereocenters. The smallest absolute Gasteiger partial charge is 0.326 e. The van der Waals surface area contributed by atoms with E-state index in [0.29, 0.717) is 12.2 Å². The molecule has 0 spiro atoms. The van der Waals surface area contributed by atoms with Gasteiger partial charge in [0.1, 0.15) is 0 Å². The highest BCUT2D eigenvalue weighted by Crippen LogP contribution is 1.73. The SMILES string of the molecule is CCC(C)=[O+][O-]. The molecule has 0 saturated carbocycles. The average Bonchev–Trinajstić information content (AvgIpc) is 1.65. The molecule has 0 bridgehead atoms. The van der Waals surface area contributed by atoms with Crippen molar-refractivity contribution < 1.29 is 9.83 Å². The Morgan fingerprint density at radius 2 is 2.33 bits per heavy atom. The van der Waals surface area contributed by atoms with Crippen LogP contribution >= 0.6 is 0 Å². The van der Waals surface area contributed by atoms with E-state index in [1.54, 1.807) is 6.92 Å². The van der Waals surface area contributed by atoms with Crippen molar-refractivity contribution in [3.8, 4) is 0 Å². The van der Waals surface area contributed by atoms with Gasteiger partial charge < -0.3 is 5.26 Å². The fraction of sp³-hybridized carbons (Fsp3) is 0.750. The molecule has 0 unspecified atom stereocenters. The van der Waals surface area contributed by atoms with Gasteiger partial charge >= 0.3 is 5.78 Å². The van der Waals surface area contributed by atoms with Gasteiger partial charge in [0.25, 0.3) is 0 Å². The Labute approximate surface area is 37.0 Å². The van der Waals surface area contributed by atoms with E-state index >= 15 is 0 Å². The van der Waals surface area contributed by atoms with Crippen molar-refractivity contribution in [1.29, 1.82) is 0 Å². The summed E-state index contributed by atoms with van der Waals surface area (Å²) in [5.74, 6) is 0.537. The molecule has 2 heteroatoms. The highest BCUT2D eigenvalue weighted by molar-refractivity contribution is 5.75. The summed E-state index contributed by atoms with van der Waals surface area (Å²) in [7, 11) is 0. The van der Waals surface area contributed by atoms with Crippen molar-refractivity contribution in [2.45, 2.75) is 20.3 Å². The van der Waals surface area contributed by atoms with Crippen LogP contribution in [0.3, 0.4) is 0 Å². The molecule has 2 nitrogen and oxygen atoms in total. The maximum absolute atomic E-state index is 9.32. The van der Waals surface area contributed by atoms with E-state index in [0.717, 1.165) is 0 Å². The molecule has 0 aliphatic heterocycles. The zero-order valence-electron chi connectivity index (χ0n) is 4.02. The standard InChI is InChI=1S/C4H8O2/c1-3-4(2)6-5/h3H2,1-2H3. The summed E-state index contributed by atoms with van der Waals surface area (Å²) in [6.45, 7) is 3.53. The Hall–Kier alpha value is -0.530. The predicted molar refractivity (Wildman–Crippen MR) is 21.0 cm³/mol. The van der Waals surface area contributed by atoms with Crippen LogP contribution in [0, 0.1) is 0 Å². The van der Waals surface area contributed by atoms with Gasteiger partial charge in [-0.2, -0.15) is 4.58 Å². The lowest BCUT2D eigenvalue weighted by Gasteiger charge is -1.73. The van der Waals surface area contributed by atoms with Crippen LogP contribution in [0.15, 0.2) is 0 Å². The van der Waals surface area contributed by atoms with Crippen LogP contribution in [-0.4, -0.2) is 5.78 Å². The first-order chi connectivity index (χ1) is 2.81. The minimum Gasteiger partial charge on any atom is -0.463 e. The van der Waals surface area contributed by atoms with Gasteiger partial charge in [0.15, 0.2) is 0 Å². The number of ketones is 1. The lowest BCUT2D eigenvalue weighted by atomic mass is 10.4. The summed E-state index contributed by atoms with van der Waals surface area (Å²) in [6, 6.07) is 0. The highest BCUT2D eigenvalue weighted by Gasteiger charge is 1.91. The Morgan fingerprint density at radius 1 is 1.83 bits per heavy atom. The summed E-state index contributed by atoms with van der Waals surface area (Å²) in [4.78, 5) is 0. The van der Waals surface area contributed by atoms with Gasteiger partial charge in [-0.05, 0) is 0 Å². The van der Waals surface area contributed by atoms with E-state index in [1.807, 2.05) is 6.92 Å². The van der Waals surface area contributed by atoms with Gasteiger partial charge in [0, 0.05) is 0 Å². The molecule has 36 valence electrons. The molecule has 0 amide bonds. The third-order valence-corrected chi connectivity index (χ3v) is 0.640. The second kappa shape index (κ2) is 2.69. The van der Waals surface area contributed by atoms with E-state index in [1.165, 1.54) is 0 Å². The lowest BCUT2D eigenvalue weighted by Crippen LogP contribution is -2.03. The zero-order valence-corrected chi connectivity index (χ0v) is 4.02. The Bertz CT molecular complexity index is 56.6. The van der Waals surface area contributed by atoms with E-state index in [9.17, 15) is 5.26 Å². The van der Waals surface area contributed by atoms with Crippen LogP contribution in [0.1, 0.15) is 20.3 Å². The first-order valence-corrected chi connectivity index (χ1v) is 1.93. The van der Waals surface area contributed by atoms with Gasteiger partial charge in [0.05, 0.1) is 13.3 Å². The van der Waals surface area contributed by atoms with E-state index < -0.39 is 0 Å². The van der Waals surface area contributed by atoms with Gasteiger partial charge in [0.2, 0.25) is 0 Å². The quantitative estimate of drug-likeness (QED) is 0.248. The van der Waals surface area contributed by atoms with E-state index in [4.69, 9.17) is 0 Å². The zero-order chi connectivity index (χ0) is 4.99. The summed E-state index contributed by atoms with van der Waals surface area (Å²) in [6.07, 6.45) is 0.712. The highest BCUT2D eigenvalue weighted by atomic mass is 17.1. The van der Waals surface area contributed by atoms with Gasteiger partial charge in [-0.15, -0.1) is 0 Å². The van der Waals surface area contributed by atoms with Crippen LogP contribution in [0.25, 0.3) is 0 Å². The number of rotatable bonds is 1. The summed E-state index contributed by atoms with van der Waals surface area (Å²) in [5.41, 5.74) is 0. The van der Waals surface area contributed by atoms with Crippen LogP contribution in [0.2, 0.25) is 0 Å². The summed E-state index contributed by atoms with van der Waals surface area (Å²) in [5, 5.41) is 9.32. The second-order valence-electron chi connectivity index (χ2n) is 1.14. The van der Waals surface area contributed by atoms with Gasteiger partial charge in [-0.1, -0.05) is 6.92 Å². The number of hydrogen-bond acceptors (Lipinski definition) is 1. The molecule has 0 aromatic rings. The van der Waals surface area contributed by atoms with Crippen LogP contribution < -0.4 is 5.26 Å². The molecule has 0 aromatic heterocycles. The van der Waals surface area contributed by atoms with E-state index in [2.05, 4.69) is 4.58 Å². The van der Waals surface area contributed by atoms with Crippen molar-refractivity contribution in [2.75, 3.05) is 0 Å². The third-order valence-electron chi connectivity index (χ3n) is 0.640. The molecule has 0 fully saturated rings. The Kier molecular flexibility index (Phi) is 2.46. The van der Waals surface area contributed by atoms with Gasteiger partial charge in [-0.25, -0.2) is 0 Å². The van der Waals surface area contributed by atoms with Crippen molar-refractivity contribution in [3.63, 3.8) is 0 Å². The van der Waals surface area contributed by atoms with Crippen molar-refractivity contribution in [2.24, 2.45) is 0 Å². The number of hydrogen-bond donors (Lipinski definition) is 0. The molecule has 0 aliphatic carbocycles. The third kappa shape index (κ3) is 1.76. The monoisotopic (exact) mass is 88.1 g/mol. The fourth-order valence-electron chi connectivity index (χ4n) is 0.0589. The molecular formula is C4H8O2. The van der Waals surface area contributed by atoms with Gasteiger partial charge in [-0.3, -0.25) is 0 Å². The van der Waals surface area contributed by atoms with Crippen molar-refractivity contribution >= 4 is 5.78 Å². The van der Waals surface area contributed by atoms with Crippen molar-refractivity contribution in [3.05, 3.63) is 0 Å². The molecule has 0 saturated heterocycles. The molecule has 0 radical (unpaired) electrons. The summed E-state index contributed by atoms with van der Waals surface area (Å²) >= 11 is 0. The van der Waals surface area contributed by atoms with E-state index in [-0.39, 0.29) is 0 Å². The number of carbonyl (C=O) groups excluding carboxylic acids is 1. The minimum atomic E-state index is 0.537. The largest absolute Gasteiger partial charge is 0.463 e. The predicted octanol–water partition coefficient (Wildman–Crippen LogP) is -0.204. The lowest BCUT2D eigenvalue weighted by molar-refractivity contribution is -1.05. The molecule has 0 rings (SSSR count). The topological polar surface area (TPSA) is 34.4 Å². The van der Waals surface area contributed by atoms with Crippen LogP contribution in [-0.2, 0) is 4.58 Å². The first kappa shape index (κ1) is 5.47. The Morgan fingerprint density at radius 3 is 2.33 bits per heavy atom. The molecule has 6 heavy (non-hydrogen) atoms. The molecule has 0 N–H and O–H groups in total. The average molecular weight is 88.1 g/mol. The maximum Gasteiger partial charge on any atom is 0.326 e. The molecular weight excluding hydrogens is 80.0 g/mol. The van der Waals surface area contributed by atoms with Crippen LogP contribution in [0.5, 0.6) is 0 Å². The van der Waals surface area contributed by atoms with Crippen LogP contribution in [0.4, 0.5) is 0 Å². The maximum atomic E-state index is 9.32. The molecule has 0 aromatic carbocycles. The Balaban J connectivity index is 3.22.